The van der Waals surface area contributed by atoms with Crippen LogP contribution in [0.3, 0.4) is 0 Å². The third-order valence-corrected chi connectivity index (χ3v) is 6.68. The molecule has 6 nitrogen and oxygen atoms in total. The van der Waals surface area contributed by atoms with Gasteiger partial charge in [-0.2, -0.15) is 5.10 Å². The Bertz CT molecular complexity index is 848. The lowest BCUT2D eigenvalue weighted by atomic mass is 9.92. The van der Waals surface area contributed by atoms with E-state index < -0.39 is 0 Å². The number of nitrogens with one attached hydrogen (secondary N) is 2. The standard InChI is InChI=1S/C25H37FN6/c1-2-27-25(29-21-13-17-31(18-14-21)23-6-4-3-5-7-23)28-16-12-22-15-19-32(30-22)24-10-8-20(26)9-11-24/h8-11,15,19,21,23H,2-7,12-14,16-18H2,1H3,(H2,27,28,29). The highest BCUT2D eigenvalue weighted by molar-refractivity contribution is 5.80. The zero-order valence-corrected chi connectivity index (χ0v) is 19.3. The van der Waals surface area contributed by atoms with Crippen LogP contribution >= 0.6 is 0 Å². The van der Waals surface area contributed by atoms with E-state index in [1.54, 1.807) is 16.8 Å². The third-order valence-electron chi connectivity index (χ3n) is 6.68. The molecule has 0 bridgehead atoms. The van der Waals surface area contributed by atoms with Crippen molar-refractivity contribution in [3.05, 3.63) is 48.0 Å². The smallest absolute Gasteiger partial charge is 0.191 e. The van der Waals surface area contributed by atoms with Crippen LogP contribution in [0.25, 0.3) is 5.69 Å². The summed E-state index contributed by atoms with van der Waals surface area (Å²) in [7, 11) is 0. The lowest BCUT2D eigenvalue weighted by Crippen LogP contribution is -2.51. The van der Waals surface area contributed by atoms with E-state index in [2.05, 4.69) is 27.6 Å². The second-order valence-corrected chi connectivity index (χ2v) is 8.99. The van der Waals surface area contributed by atoms with Gasteiger partial charge in [0.25, 0.3) is 0 Å². The number of hydrogen-bond donors (Lipinski definition) is 2. The monoisotopic (exact) mass is 440 g/mol. The molecule has 7 heteroatoms. The number of hydrogen-bond acceptors (Lipinski definition) is 3. The van der Waals surface area contributed by atoms with E-state index in [4.69, 9.17) is 4.99 Å². The van der Waals surface area contributed by atoms with E-state index >= 15 is 0 Å². The van der Waals surface area contributed by atoms with Gasteiger partial charge in [0.15, 0.2) is 5.96 Å². The van der Waals surface area contributed by atoms with E-state index in [9.17, 15) is 4.39 Å². The van der Waals surface area contributed by atoms with Gasteiger partial charge in [-0.05, 0) is 62.9 Å². The maximum Gasteiger partial charge on any atom is 0.191 e. The third kappa shape index (κ3) is 6.31. The van der Waals surface area contributed by atoms with Gasteiger partial charge in [0.05, 0.1) is 11.4 Å². The first-order chi connectivity index (χ1) is 15.7. The van der Waals surface area contributed by atoms with E-state index in [0.29, 0.717) is 12.6 Å². The molecule has 0 amide bonds. The molecule has 0 radical (unpaired) electrons. The Balaban J connectivity index is 1.25. The van der Waals surface area contributed by atoms with Crippen LogP contribution in [0.1, 0.15) is 57.6 Å². The lowest BCUT2D eigenvalue weighted by Gasteiger charge is -2.39. The first-order valence-corrected chi connectivity index (χ1v) is 12.3. The van der Waals surface area contributed by atoms with Gasteiger partial charge >= 0.3 is 0 Å². The molecule has 1 saturated heterocycles. The number of aromatic nitrogens is 2. The molecule has 0 spiro atoms. The van der Waals surface area contributed by atoms with Crippen molar-refractivity contribution >= 4 is 5.96 Å². The summed E-state index contributed by atoms with van der Waals surface area (Å²) in [5.41, 5.74) is 1.84. The van der Waals surface area contributed by atoms with Crippen molar-refractivity contribution in [1.29, 1.82) is 0 Å². The summed E-state index contributed by atoms with van der Waals surface area (Å²) in [6.45, 7) is 6.03. The molecule has 0 atom stereocenters. The summed E-state index contributed by atoms with van der Waals surface area (Å²) in [5.74, 6) is 0.667. The molecule has 1 aliphatic carbocycles. The van der Waals surface area contributed by atoms with Crippen LogP contribution in [0.15, 0.2) is 41.5 Å². The van der Waals surface area contributed by atoms with Crippen LogP contribution in [0.4, 0.5) is 4.39 Å². The number of rotatable bonds is 7. The molecule has 2 heterocycles. The van der Waals surface area contributed by atoms with E-state index in [0.717, 1.165) is 36.3 Å². The Morgan fingerprint density at radius 1 is 1.06 bits per heavy atom. The number of nitrogens with zero attached hydrogens (tertiary/aromatic N) is 4. The Morgan fingerprint density at radius 2 is 1.81 bits per heavy atom. The van der Waals surface area contributed by atoms with Gasteiger partial charge in [-0.3, -0.25) is 4.99 Å². The Kier molecular flexibility index (Phi) is 8.15. The molecular formula is C25H37FN6. The van der Waals surface area contributed by atoms with Gasteiger partial charge in [-0.15, -0.1) is 0 Å². The average molecular weight is 441 g/mol. The van der Waals surface area contributed by atoms with Gasteiger partial charge in [-0.25, -0.2) is 9.07 Å². The quantitative estimate of drug-likeness (QED) is 0.506. The van der Waals surface area contributed by atoms with Crippen LogP contribution in [-0.4, -0.2) is 58.9 Å². The van der Waals surface area contributed by atoms with Crippen LogP contribution in [0, 0.1) is 5.82 Å². The molecule has 1 aromatic heterocycles. The van der Waals surface area contributed by atoms with E-state index in [-0.39, 0.29) is 5.82 Å². The van der Waals surface area contributed by atoms with Crippen LogP contribution < -0.4 is 10.6 Å². The lowest BCUT2D eigenvalue weighted by molar-refractivity contribution is 0.119. The van der Waals surface area contributed by atoms with Crippen molar-refractivity contribution in [2.45, 2.75) is 70.4 Å². The number of aliphatic imine (C=N–C) groups is 1. The average Bonchev–Trinajstić information content (AvgIpc) is 3.30. The summed E-state index contributed by atoms with van der Waals surface area (Å²) < 4.78 is 14.9. The predicted octanol–water partition coefficient (Wildman–Crippen LogP) is 3.91. The predicted molar refractivity (Wildman–Crippen MR) is 128 cm³/mol. The maximum atomic E-state index is 13.1. The van der Waals surface area contributed by atoms with Crippen LogP contribution in [-0.2, 0) is 6.42 Å². The molecule has 1 aromatic carbocycles. The molecule has 1 saturated carbocycles. The van der Waals surface area contributed by atoms with Crippen molar-refractivity contribution in [3.8, 4) is 5.69 Å². The number of halogens is 1. The summed E-state index contributed by atoms with van der Waals surface area (Å²) in [6.07, 6.45) is 12.1. The molecule has 4 rings (SSSR count). The molecule has 174 valence electrons. The SMILES string of the molecule is CCNC(=NCCc1ccn(-c2ccc(F)cc2)n1)NC1CCN(C2CCCCC2)CC1. The minimum absolute atomic E-state index is 0.237. The molecule has 0 unspecified atom stereocenters. The summed E-state index contributed by atoms with van der Waals surface area (Å²) >= 11 is 0. The van der Waals surface area contributed by atoms with Gasteiger partial charge in [0, 0.05) is 50.9 Å². The van der Waals surface area contributed by atoms with Gasteiger partial charge in [0.1, 0.15) is 5.82 Å². The van der Waals surface area contributed by atoms with Gasteiger partial charge < -0.3 is 15.5 Å². The summed E-state index contributed by atoms with van der Waals surface area (Å²) in [5, 5.41) is 11.6. The molecule has 2 aliphatic rings. The fourth-order valence-electron chi connectivity index (χ4n) is 4.88. The van der Waals surface area contributed by atoms with Crippen molar-refractivity contribution in [3.63, 3.8) is 0 Å². The van der Waals surface area contributed by atoms with Crippen molar-refractivity contribution in [1.82, 2.24) is 25.3 Å². The molecule has 2 N–H and O–H groups in total. The molecular weight excluding hydrogens is 403 g/mol. The van der Waals surface area contributed by atoms with E-state index in [1.807, 2.05) is 12.3 Å². The minimum atomic E-state index is -0.237. The van der Waals surface area contributed by atoms with E-state index in [1.165, 1.54) is 70.2 Å². The van der Waals surface area contributed by atoms with Crippen molar-refractivity contribution in [2.75, 3.05) is 26.2 Å². The molecule has 32 heavy (non-hydrogen) atoms. The number of piperidine rings is 1. The van der Waals surface area contributed by atoms with Crippen LogP contribution in [0.2, 0.25) is 0 Å². The fraction of sp³-hybridized carbons (Fsp3) is 0.600. The zero-order valence-electron chi connectivity index (χ0n) is 19.3. The molecule has 2 aromatic rings. The second-order valence-electron chi connectivity index (χ2n) is 8.99. The number of benzene rings is 1. The topological polar surface area (TPSA) is 57.5 Å². The van der Waals surface area contributed by atoms with Crippen LogP contribution in [0.5, 0.6) is 0 Å². The Labute approximate surface area is 191 Å². The first-order valence-electron chi connectivity index (χ1n) is 12.3. The number of likely N-dealkylation sites (tertiary alicyclic amines) is 1. The zero-order chi connectivity index (χ0) is 22.2. The maximum absolute atomic E-state index is 13.1. The summed E-state index contributed by atoms with van der Waals surface area (Å²) in [4.78, 5) is 7.51. The normalized spacial score (nSPS) is 19.2. The summed E-state index contributed by atoms with van der Waals surface area (Å²) in [6, 6.07) is 9.68. The van der Waals surface area contributed by atoms with Crippen molar-refractivity contribution < 1.29 is 4.39 Å². The molecule has 2 fully saturated rings. The largest absolute Gasteiger partial charge is 0.357 e. The highest BCUT2D eigenvalue weighted by Gasteiger charge is 2.26. The number of guanidine groups is 1. The second kappa shape index (κ2) is 11.5. The highest BCUT2D eigenvalue weighted by atomic mass is 19.1. The highest BCUT2D eigenvalue weighted by Crippen LogP contribution is 2.25. The Morgan fingerprint density at radius 3 is 2.53 bits per heavy atom. The Hall–Kier alpha value is -2.41. The van der Waals surface area contributed by atoms with Gasteiger partial charge in [-0.1, -0.05) is 19.3 Å². The minimum Gasteiger partial charge on any atom is -0.357 e. The fourth-order valence-corrected chi connectivity index (χ4v) is 4.88. The van der Waals surface area contributed by atoms with Crippen molar-refractivity contribution in [2.24, 2.45) is 4.99 Å². The first kappa shape index (κ1) is 22.8. The molecule has 1 aliphatic heterocycles. The van der Waals surface area contributed by atoms with Gasteiger partial charge in [0.2, 0.25) is 0 Å².